The van der Waals surface area contributed by atoms with Gasteiger partial charge in [0.1, 0.15) is 0 Å². The summed E-state index contributed by atoms with van der Waals surface area (Å²) < 4.78 is 4.50. The van der Waals surface area contributed by atoms with Crippen molar-refractivity contribution >= 4 is 11.8 Å². The Morgan fingerprint density at radius 2 is 1.05 bits per heavy atom. The summed E-state index contributed by atoms with van der Waals surface area (Å²) >= 11 is 2.01. The normalized spacial score (nSPS) is 9.62. The molecule has 0 aliphatic heterocycles. The molecule has 0 N–H and O–H groups in total. The van der Waals surface area contributed by atoms with Crippen molar-refractivity contribution in [1.29, 1.82) is 0 Å². The van der Waals surface area contributed by atoms with Crippen LogP contribution in [0, 0.1) is 13.8 Å². The number of aromatic nitrogens is 2. The van der Waals surface area contributed by atoms with Crippen molar-refractivity contribution in [3.8, 4) is 0 Å². The van der Waals surface area contributed by atoms with Crippen LogP contribution >= 0.6 is 11.8 Å². The summed E-state index contributed by atoms with van der Waals surface area (Å²) in [6.45, 7) is 6.42. The van der Waals surface area contributed by atoms with Gasteiger partial charge >= 0.3 is 0 Å². The molecule has 2 nitrogen and oxygen atoms in total. The smallest absolute Gasteiger partial charge is 0.169 e. The maximum Gasteiger partial charge on any atom is 0.169 e. The van der Waals surface area contributed by atoms with Gasteiger partial charge in [0.05, 0.1) is 11.5 Å². The van der Waals surface area contributed by atoms with Gasteiger partial charge in [-0.05, 0) is 25.0 Å². The molecule has 0 bridgehead atoms. The third-order valence-corrected chi connectivity index (χ3v) is 4.05. The summed E-state index contributed by atoms with van der Waals surface area (Å²) in [4.78, 5) is 0. The first-order valence-corrected chi connectivity index (χ1v) is 7.89. The molecule has 0 amide bonds. The van der Waals surface area contributed by atoms with E-state index in [0.29, 0.717) is 0 Å². The maximum atomic E-state index is 2.25. The van der Waals surface area contributed by atoms with Crippen LogP contribution in [0.1, 0.15) is 11.1 Å². The summed E-state index contributed by atoms with van der Waals surface area (Å²) in [5, 5.41) is 0. The molecule has 0 aliphatic carbocycles. The van der Waals surface area contributed by atoms with Gasteiger partial charge in [-0.15, -0.1) is 11.8 Å². The van der Waals surface area contributed by atoms with Gasteiger partial charge in [-0.2, -0.15) is 0 Å². The number of hydrogen-bond donors (Lipinski definition) is 0. The number of pyridine rings is 2. The zero-order valence-corrected chi connectivity index (χ0v) is 16.5. The first kappa shape index (κ1) is 20.6. The van der Waals surface area contributed by atoms with E-state index in [2.05, 4.69) is 72.0 Å². The Balaban J connectivity index is 0.00000200. The molecule has 0 fully saturated rings. The average molecular weight is 434 g/mol. The van der Waals surface area contributed by atoms with Crippen molar-refractivity contribution < 1.29 is 43.1 Å². The number of halogens is 2. The van der Waals surface area contributed by atoms with Gasteiger partial charge in [0, 0.05) is 24.3 Å². The van der Waals surface area contributed by atoms with Gasteiger partial charge in [-0.25, -0.2) is 9.13 Å². The molecule has 2 aromatic heterocycles. The minimum absolute atomic E-state index is 0. The third-order valence-electron chi connectivity index (χ3n) is 3.10. The van der Waals surface area contributed by atoms with E-state index in [0.717, 1.165) is 13.1 Å². The van der Waals surface area contributed by atoms with Crippen molar-refractivity contribution in [1.82, 2.24) is 0 Å². The van der Waals surface area contributed by atoms with Crippen LogP contribution in [0.5, 0.6) is 0 Å². The highest BCUT2D eigenvalue weighted by Crippen LogP contribution is 1.99. The zero-order valence-electron chi connectivity index (χ0n) is 12.5. The van der Waals surface area contributed by atoms with E-state index >= 15 is 0 Å². The lowest BCUT2D eigenvalue weighted by Gasteiger charge is -1.99. The Morgan fingerprint density at radius 1 is 0.714 bits per heavy atom. The van der Waals surface area contributed by atoms with Gasteiger partial charge < -0.3 is 34.0 Å². The van der Waals surface area contributed by atoms with Crippen LogP contribution in [0.25, 0.3) is 0 Å². The Hall–Kier alpha value is -0.390. The average Bonchev–Trinajstić information content (AvgIpc) is 2.43. The Morgan fingerprint density at radius 3 is 1.38 bits per heavy atom. The van der Waals surface area contributed by atoms with Gasteiger partial charge in [0.15, 0.2) is 37.9 Å². The second kappa shape index (κ2) is 11.2. The second-order valence-corrected chi connectivity index (χ2v) is 6.06. The molecule has 2 rings (SSSR count). The molecule has 0 spiro atoms. The molecule has 0 saturated heterocycles. The highest BCUT2D eigenvalue weighted by molar-refractivity contribution is 7.99. The molecule has 0 atom stereocenters. The Kier molecular flexibility index (Phi) is 11.0. The molecule has 2 aromatic rings. The molecular weight excluding hydrogens is 412 g/mol. The molecule has 21 heavy (non-hydrogen) atoms. The van der Waals surface area contributed by atoms with E-state index < -0.39 is 0 Å². The molecule has 2 heterocycles. The van der Waals surface area contributed by atoms with E-state index in [1.807, 2.05) is 11.8 Å². The van der Waals surface area contributed by atoms with E-state index in [-0.39, 0.29) is 34.0 Å². The summed E-state index contributed by atoms with van der Waals surface area (Å²) in [6, 6.07) is 8.64. The lowest BCUT2D eigenvalue weighted by molar-refractivity contribution is -0.693. The van der Waals surface area contributed by atoms with E-state index in [1.165, 1.54) is 22.6 Å². The quantitative estimate of drug-likeness (QED) is 0.336. The number of hydrogen-bond acceptors (Lipinski definition) is 1. The molecule has 5 heteroatoms. The number of aryl methyl sites for hydroxylation is 4. The second-order valence-electron chi connectivity index (χ2n) is 4.84. The van der Waals surface area contributed by atoms with E-state index in [9.17, 15) is 0 Å². The molecule has 0 aliphatic rings. The largest absolute Gasteiger partial charge is 1.00 e. The predicted octanol–water partition coefficient (Wildman–Crippen LogP) is -3.68. The van der Waals surface area contributed by atoms with Crippen molar-refractivity contribution in [2.75, 3.05) is 11.5 Å². The summed E-state index contributed by atoms with van der Waals surface area (Å²) in [5.74, 6) is 2.33. The lowest BCUT2D eigenvalue weighted by atomic mass is 10.3. The first-order chi connectivity index (χ1) is 9.24. The van der Waals surface area contributed by atoms with Crippen LogP contribution in [0.15, 0.2) is 49.1 Å². The van der Waals surface area contributed by atoms with Crippen LogP contribution in [0.2, 0.25) is 0 Å². The van der Waals surface area contributed by atoms with E-state index in [4.69, 9.17) is 0 Å². The van der Waals surface area contributed by atoms with Crippen LogP contribution in [-0.2, 0) is 13.1 Å². The number of thioether (sulfide) groups is 1. The van der Waals surface area contributed by atoms with Crippen molar-refractivity contribution in [3.63, 3.8) is 0 Å². The Bertz CT molecular complexity index is 453. The molecular formula is C16H22Br2N2S. The fraction of sp³-hybridized carbons (Fsp3) is 0.375. The number of rotatable bonds is 6. The minimum Gasteiger partial charge on any atom is -1.00 e. The highest BCUT2D eigenvalue weighted by atomic mass is 79.9. The van der Waals surface area contributed by atoms with Gasteiger partial charge in [-0.3, -0.25) is 0 Å². The van der Waals surface area contributed by atoms with Crippen LogP contribution in [0.3, 0.4) is 0 Å². The van der Waals surface area contributed by atoms with E-state index in [1.54, 1.807) is 0 Å². The predicted molar refractivity (Wildman–Crippen MR) is 80.1 cm³/mol. The van der Waals surface area contributed by atoms with Crippen molar-refractivity contribution in [2.45, 2.75) is 26.9 Å². The molecule has 116 valence electrons. The minimum atomic E-state index is 0. The summed E-state index contributed by atoms with van der Waals surface area (Å²) in [6.07, 6.45) is 8.63. The highest BCUT2D eigenvalue weighted by Gasteiger charge is 2.02. The molecule has 0 aromatic carbocycles. The monoisotopic (exact) mass is 432 g/mol. The van der Waals surface area contributed by atoms with Gasteiger partial charge in [-0.1, -0.05) is 0 Å². The van der Waals surface area contributed by atoms with Crippen molar-refractivity contribution in [3.05, 3.63) is 60.2 Å². The Labute approximate surface area is 153 Å². The maximum absolute atomic E-state index is 2.25. The van der Waals surface area contributed by atoms with Gasteiger partial charge in [0.25, 0.3) is 0 Å². The molecule has 0 unspecified atom stereocenters. The third kappa shape index (κ3) is 7.98. The fourth-order valence-electron chi connectivity index (χ4n) is 1.80. The van der Waals surface area contributed by atoms with Crippen molar-refractivity contribution in [2.24, 2.45) is 0 Å². The first-order valence-electron chi connectivity index (χ1n) is 6.73. The number of nitrogens with zero attached hydrogens (tertiary/aromatic N) is 2. The molecule has 0 radical (unpaired) electrons. The van der Waals surface area contributed by atoms with Crippen LogP contribution in [0.4, 0.5) is 0 Å². The van der Waals surface area contributed by atoms with Crippen LogP contribution in [-0.4, -0.2) is 11.5 Å². The van der Waals surface area contributed by atoms with Crippen LogP contribution < -0.4 is 43.1 Å². The summed E-state index contributed by atoms with van der Waals surface area (Å²) in [5.41, 5.74) is 2.64. The SMILES string of the molecule is Cc1cc[n+](CCSCC[n+]2ccc(C)cc2)cc1.[Br-].[Br-]. The standard InChI is InChI=1S/C16H22N2S.2BrH/c1-15-3-7-17(8-4-15)11-13-19-14-12-18-9-5-16(2)6-10-18;;/h3-10H,11-14H2,1-2H3;2*1H/q+2;;/p-2. The zero-order chi connectivity index (χ0) is 13.5. The lowest BCUT2D eigenvalue weighted by Crippen LogP contribution is -3.00. The summed E-state index contributed by atoms with van der Waals surface area (Å²) in [7, 11) is 0. The fourth-order valence-corrected chi connectivity index (χ4v) is 2.69. The molecule has 0 saturated carbocycles. The topological polar surface area (TPSA) is 7.76 Å². The van der Waals surface area contributed by atoms with Gasteiger partial charge in [0.2, 0.25) is 0 Å².